The summed E-state index contributed by atoms with van der Waals surface area (Å²) in [5.41, 5.74) is 2.52. The normalized spacial score (nSPS) is 10.8. The number of benzene rings is 3. The second-order valence-electron chi connectivity index (χ2n) is 6.95. The maximum Gasteiger partial charge on any atom is 0.245 e. The zero-order valence-corrected chi connectivity index (χ0v) is 17.3. The Kier molecular flexibility index (Phi) is 5.32. The van der Waals surface area contributed by atoms with E-state index >= 15 is 0 Å². The summed E-state index contributed by atoms with van der Waals surface area (Å²) >= 11 is 0. The van der Waals surface area contributed by atoms with Crippen LogP contribution in [0.3, 0.4) is 0 Å². The molecule has 0 aliphatic heterocycles. The maximum absolute atomic E-state index is 5.87. The second kappa shape index (κ2) is 8.73. The van der Waals surface area contributed by atoms with Gasteiger partial charge < -0.3 is 15.0 Å². The lowest BCUT2D eigenvalue weighted by Crippen LogP contribution is -2.19. The summed E-state index contributed by atoms with van der Waals surface area (Å²) in [4.78, 5) is 11.3. The average molecular weight is 424 g/mol. The van der Waals surface area contributed by atoms with Gasteiger partial charge in [-0.15, -0.1) is 0 Å². The molecule has 32 heavy (non-hydrogen) atoms. The van der Waals surface area contributed by atoms with E-state index in [1.807, 2.05) is 84.9 Å². The molecule has 0 bridgehead atoms. The van der Waals surface area contributed by atoms with Crippen molar-refractivity contribution in [1.82, 2.24) is 20.3 Å². The second-order valence-corrected chi connectivity index (χ2v) is 6.95. The predicted molar refractivity (Wildman–Crippen MR) is 123 cm³/mol. The largest absolute Gasteiger partial charge is 0.457 e. The number of rotatable bonds is 7. The van der Waals surface area contributed by atoms with Crippen LogP contribution in [0.2, 0.25) is 0 Å². The molecule has 0 aliphatic rings. The van der Waals surface area contributed by atoms with Crippen LogP contribution in [0.25, 0.3) is 11.3 Å². The Morgan fingerprint density at radius 3 is 2.09 bits per heavy atom. The van der Waals surface area contributed by atoms with Gasteiger partial charge in [-0.2, -0.15) is 0 Å². The molecular weight excluding hydrogens is 404 g/mol. The summed E-state index contributed by atoms with van der Waals surface area (Å²) in [5.74, 6) is 2.71. The van der Waals surface area contributed by atoms with Gasteiger partial charge in [0.15, 0.2) is 11.6 Å². The molecule has 1 N–H and O–H groups in total. The van der Waals surface area contributed by atoms with E-state index in [0.29, 0.717) is 29.5 Å². The van der Waals surface area contributed by atoms with Gasteiger partial charge in [-0.25, -0.2) is 14.6 Å². The molecule has 8 nitrogen and oxygen atoms in total. The van der Waals surface area contributed by atoms with E-state index in [1.54, 1.807) is 0 Å². The van der Waals surface area contributed by atoms with Gasteiger partial charge in [0.25, 0.3) is 0 Å². The average Bonchev–Trinajstić information content (AvgIpc) is 3.30. The number of anilines is 4. The Morgan fingerprint density at radius 2 is 1.41 bits per heavy atom. The van der Waals surface area contributed by atoms with Crippen molar-refractivity contribution in [3.63, 3.8) is 0 Å². The van der Waals surface area contributed by atoms with Gasteiger partial charge in [0, 0.05) is 17.9 Å². The minimum Gasteiger partial charge on any atom is -0.457 e. The molecule has 0 fully saturated rings. The molecule has 0 radical (unpaired) electrons. The Morgan fingerprint density at radius 1 is 0.781 bits per heavy atom. The molecule has 8 heteroatoms. The number of hydrogen-bond acceptors (Lipinski definition) is 8. The molecule has 0 aliphatic carbocycles. The number of ether oxygens (including phenoxy) is 1. The number of aromatic nitrogens is 4. The number of nitrogens with one attached hydrogen (secondary N) is 1. The van der Waals surface area contributed by atoms with Crippen LogP contribution in [0.5, 0.6) is 11.5 Å². The van der Waals surface area contributed by atoms with E-state index in [9.17, 15) is 0 Å². The first kappa shape index (κ1) is 19.5. The van der Waals surface area contributed by atoms with Crippen molar-refractivity contribution in [1.29, 1.82) is 0 Å². The summed E-state index contributed by atoms with van der Waals surface area (Å²) in [5, 5.41) is 11.1. The van der Waals surface area contributed by atoms with E-state index in [0.717, 1.165) is 22.9 Å². The quantitative estimate of drug-likeness (QED) is 0.355. The smallest absolute Gasteiger partial charge is 0.245 e. The number of hydrogen-bond donors (Lipinski definition) is 1. The predicted octanol–water partition coefficient (Wildman–Crippen LogP) is 5.71. The van der Waals surface area contributed by atoms with Gasteiger partial charge in [0.2, 0.25) is 11.3 Å². The molecule has 158 valence electrons. The third-order valence-corrected chi connectivity index (χ3v) is 4.83. The fourth-order valence-corrected chi connectivity index (χ4v) is 3.33. The van der Waals surface area contributed by atoms with Crippen molar-refractivity contribution < 1.29 is 9.37 Å². The van der Waals surface area contributed by atoms with Crippen molar-refractivity contribution in [2.75, 3.05) is 16.8 Å². The summed E-state index contributed by atoms with van der Waals surface area (Å²) < 4.78 is 10.7. The fraction of sp³-hybridized carbons (Fsp3) is 0.0833. The van der Waals surface area contributed by atoms with E-state index in [-0.39, 0.29) is 0 Å². The zero-order chi connectivity index (χ0) is 21.8. The zero-order valence-electron chi connectivity index (χ0n) is 17.3. The van der Waals surface area contributed by atoms with E-state index < -0.39 is 0 Å². The topological polar surface area (TPSA) is 89.2 Å². The molecule has 5 aromatic rings. The number of fused-ring (bicyclic) bond motifs is 1. The molecule has 0 amide bonds. The molecule has 0 saturated carbocycles. The monoisotopic (exact) mass is 424 g/mol. The lowest BCUT2D eigenvalue weighted by molar-refractivity contribution is 0.314. The van der Waals surface area contributed by atoms with Gasteiger partial charge in [0.1, 0.15) is 11.5 Å². The molecule has 0 saturated heterocycles. The van der Waals surface area contributed by atoms with Gasteiger partial charge in [-0.3, -0.25) is 0 Å². The van der Waals surface area contributed by atoms with Crippen LogP contribution in [0.1, 0.15) is 6.92 Å². The van der Waals surface area contributed by atoms with Gasteiger partial charge in [0.05, 0.1) is 0 Å². The molecule has 0 spiro atoms. The molecule has 3 aromatic carbocycles. The third-order valence-electron chi connectivity index (χ3n) is 4.83. The first-order valence-electron chi connectivity index (χ1n) is 10.2. The highest BCUT2D eigenvalue weighted by atomic mass is 16.6. The van der Waals surface area contributed by atoms with Crippen LogP contribution in [-0.2, 0) is 0 Å². The fourth-order valence-electron chi connectivity index (χ4n) is 3.33. The third kappa shape index (κ3) is 4.06. The lowest BCUT2D eigenvalue weighted by atomic mass is 10.2. The van der Waals surface area contributed by atoms with Gasteiger partial charge in [-0.1, -0.05) is 36.4 Å². The van der Waals surface area contributed by atoms with Crippen LogP contribution in [0.15, 0.2) is 89.6 Å². The molecule has 2 heterocycles. The Bertz CT molecular complexity index is 1310. The summed E-state index contributed by atoms with van der Waals surface area (Å²) in [7, 11) is 0. The Labute approximate surface area is 184 Å². The molecule has 0 unspecified atom stereocenters. The van der Waals surface area contributed by atoms with E-state index in [4.69, 9.17) is 9.37 Å². The number of para-hydroxylation sites is 2. The highest BCUT2D eigenvalue weighted by molar-refractivity contribution is 5.80. The van der Waals surface area contributed by atoms with Crippen molar-refractivity contribution >= 4 is 34.3 Å². The molecular formula is C24H20N6O2. The van der Waals surface area contributed by atoms with Crippen LogP contribution in [-0.4, -0.2) is 26.8 Å². The van der Waals surface area contributed by atoms with Crippen LogP contribution < -0.4 is 15.0 Å². The summed E-state index contributed by atoms with van der Waals surface area (Å²) in [6.45, 7) is 2.74. The lowest BCUT2D eigenvalue weighted by Gasteiger charge is -2.24. The van der Waals surface area contributed by atoms with E-state index in [1.165, 1.54) is 0 Å². The van der Waals surface area contributed by atoms with Crippen LogP contribution >= 0.6 is 0 Å². The van der Waals surface area contributed by atoms with Crippen molar-refractivity contribution in [3.05, 3.63) is 84.9 Å². The van der Waals surface area contributed by atoms with E-state index in [2.05, 4.69) is 37.4 Å². The Balaban J connectivity index is 1.46. The van der Waals surface area contributed by atoms with Crippen molar-refractivity contribution in [2.24, 2.45) is 0 Å². The first-order chi connectivity index (χ1) is 15.8. The standard InChI is InChI=1S/C24H20N6O2/c1-2-30(18-9-5-3-6-10-18)24-23(26-21-22(27-24)29-32-28-21)25-17-13-15-20(16-14-17)31-19-11-7-4-8-12-19/h3-16H,2H2,1H3,(H,25,26,28). The maximum atomic E-state index is 5.87. The van der Waals surface area contributed by atoms with Gasteiger partial charge in [-0.05, 0) is 65.8 Å². The number of nitrogens with zero attached hydrogens (tertiary/aromatic N) is 5. The van der Waals surface area contributed by atoms with Crippen molar-refractivity contribution in [2.45, 2.75) is 6.92 Å². The van der Waals surface area contributed by atoms with Gasteiger partial charge >= 0.3 is 0 Å². The van der Waals surface area contributed by atoms with Crippen LogP contribution in [0, 0.1) is 0 Å². The first-order valence-corrected chi connectivity index (χ1v) is 10.2. The minimum absolute atomic E-state index is 0.337. The molecule has 2 aromatic heterocycles. The summed E-state index contributed by atoms with van der Waals surface area (Å²) in [6.07, 6.45) is 0. The van der Waals surface area contributed by atoms with Crippen LogP contribution in [0.4, 0.5) is 23.0 Å². The summed E-state index contributed by atoms with van der Waals surface area (Å²) in [6, 6.07) is 27.3. The molecule has 5 rings (SSSR count). The SMILES string of the molecule is CCN(c1ccccc1)c1nc2nonc2nc1Nc1ccc(Oc2ccccc2)cc1. The minimum atomic E-state index is 0.337. The Hall–Kier alpha value is -4.46. The highest BCUT2D eigenvalue weighted by Gasteiger charge is 2.19. The van der Waals surface area contributed by atoms with Crippen molar-refractivity contribution in [3.8, 4) is 11.5 Å². The highest BCUT2D eigenvalue weighted by Crippen LogP contribution is 2.32. The molecule has 0 atom stereocenters.